The lowest BCUT2D eigenvalue weighted by molar-refractivity contribution is 1.66. The molecule has 0 radical (unpaired) electrons. The lowest BCUT2D eigenvalue weighted by Crippen LogP contribution is -1.65. The topological polar surface area (TPSA) is 0 Å². The maximum atomic E-state index is 3.19. The van der Waals surface area contributed by atoms with E-state index >= 15 is 0 Å². The van der Waals surface area contributed by atoms with Crippen LogP contribution < -0.4 is 0 Å². The van der Waals surface area contributed by atoms with Gasteiger partial charge in [-0.05, 0) is 10.5 Å². The summed E-state index contributed by atoms with van der Waals surface area (Å²) in [6.45, 7) is 0. The maximum absolute atomic E-state index is 3.19. The number of benzene rings is 1. The van der Waals surface area contributed by atoms with E-state index in [0.29, 0.717) is 0 Å². The molecule has 0 spiro atoms. The Labute approximate surface area is 75.4 Å². The summed E-state index contributed by atoms with van der Waals surface area (Å²) >= 11 is 3.19. The van der Waals surface area contributed by atoms with Crippen LogP contribution in [0.4, 0.5) is 0 Å². The fourth-order valence-electron chi connectivity index (χ4n) is 0.773. The minimum absolute atomic E-state index is 1.22. The Kier molecular flexibility index (Phi) is 3.70. The van der Waals surface area contributed by atoms with Gasteiger partial charge in [-0.25, -0.2) is 0 Å². The molecule has 1 aromatic carbocycles. The van der Waals surface area contributed by atoms with Gasteiger partial charge in [-0.15, -0.1) is 0 Å². The van der Waals surface area contributed by atoms with Gasteiger partial charge in [0.15, 0.2) is 0 Å². The summed E-state index contributed by atoms with van der Waals surface area (Å²) in [5.74, 6) is 0. The van der Waals surface area contributed by atoms with E-state index in [4.69, 9.17) is 0 Å². The molecule has 0 nitrogen and oxygen atoms in total. The first-order valence-electron chi connectivity index (χ1n) is 3.42. The molecule has 0 aromatic heterocycles. The van der Waals surface area contributed by atoms with Crippen LogP contribution in [0.3, 0.4) is 0 Å². The summed E-state index contributed by atoms with van der Waals surface area (Å²) in [7, 11) is 0. The van der Waals surface area contributed by atoms with Gasteiger partial charge >= 0.3 is 0 Å². The molecule has 0 unspecified atom stereocenters. The molecule has 0 bridgehead atoms. The lowest BCUT2D eigenvalue weighted by atomic mass is 10.2. The van der Waals surface area contributed by atoms with Gasteiger partial charge in [-0.2, -0.15) is 0 Å². The number of rotatable bonds is 2. The SMILES string of the molecule is Br/C=C\C=C\c1ccccc1. The quantitative estimate of drug-likeness (QED) is 0.652. The van der Waals surface area contributed by atoms with Crippen molar-refractivity contribution in [3.8, 4) is 0 Å². The third kappa shape index (κ3) is 3.19. The van der Waals surface area contributed by atoms with E-state index in [1.54, 1.807) is 0 Å². The molecular weight excluding hydrogens is 200 g/mol. The van der Waals surface area contributed by atoms with E-state index in [9.17, 15) is 0 Å². The van der Waals surface area contributed by atoms with Crippen LogP contribution in [-0.2, 0) is 0 Å². The van der Waals surface area contributed by atoms with E-state index in [2.05, 4.69) is 34.1 Å². The van der Waals surface area contributed by atoms with Crippen molar-refractivity contribution in [2.45, 2.75) is 0 Å². The zero-order valence-corrected chi connectivity index (χ0v) is 7.66. The Bertz CT molecular complexity index is 247. The predicted molar refractivity (Wildman–Crippen MR) is 53.5 cm³/mol. The van der Waals surface area contributed by atoms with Gasteiger partial charge in [0.05, 0.1) is 0 Å². The van der Waals surface area contributed by atoms with Crippen molar-refractivity contribution >= 4 is 22.0 Å². The van der Waals surface area contributed by atoms with Crippen molar-refractivity contribution in [2.75, 3.05) is 0 Å². The van der Waals surface area contributed by atoms with Crippen LogP contribution in [0.25, 0.3) is 6.08 Å². The average molecular weight is 209 g/mol. The summed E-state index contributed by atoms with van der Waals surface area (Å²) in [6.07, 6.45) is 5.98. The Hall–Kier alpha value is -0.820. The van der Waals surface area contributed by atoms with Crippen LogP contribution in [-0.4, -0.2) is 0 Å². The summed E-state index contributed by atoms with van der Waals surface area (Å²) in [6, 6.07) is 10.2. The van der Waals surface area contributed by atoms with Gasteiger partial charge < -0.3 is 0 Å². The Morgan fingerprint density at radius 1 is 1.00 bits per heavy atom. The molecule has 0 aliphatic heterocycles. The molecule has 0 amide bonds. The average Bonchev–Trinajstić information content (AvgIpc) is 2.07. The molecule has 0 saturated heterocycles. The Morgan fingerprint density at radius 2 is 1.73 bits per heavy atom. The second kappa shape index (κ2) is 4.91. The normalized spacial score (nSPS) is 11.4. The number of halogens is 1. The number of allylic oxidation sites excluding steroid dienone is 2. The van der Waals surface area contributed by atoms with Crippen LogP contribution in [0, 0.1) is 0 Å². The number of hydrogen-bond donors (Lipinski definition) is 0. The minimum atomic E-state index is 1.22. The van der Waals surface area contributed by atoms with Gasteiger partial charge in [0.1, 0.15) is 0 Å². The van der Waals surface area contributed by atoms with Crippen molar-refractivity contribution in [3.63, 3.8) is 0 Å². The van der Waals surface area contributed by atoms with E-state index < -0.39 is 0 Å². The third-order valence-corrected chi connectivity index (χ3v) is 1.58. The summed E-state index contributed by atoms with van der Waals surface area (Å²) in [4.78, 5) is 1.83. The molecule has 0 saturated carbocycles. The van der Waals surface area contributed by atoms with Crippen LogP contribution in [0.1, 0.15) is 5.56 Å². The molecule has 1 heteroatoms. The Morgan fingerprint density at radius 3 is 2.36 bits per heavy atom. The molecule has 0 aliphatic carbocycles. The van der Waals surface area contributed by atoms with Gasteiger partial charge in [0, 0.05) is 0 Å². The smallest absolute Gasteiger partial charge is 0.0189 e. The number of hydrogen-bond acceptors (Lipinski definition) is 0. The molecule has 0 atom stereocenters. The zero-order valence-electron chi connectivity index (χ0n) is 6.07. The van der Waals surface area contributed by atoms with Gasteiger partial charge in [0.25, 0.3) is 0 Å². The largest absolute Gasteiger partial charge is 0.0622 e. The molecule has 0 fully saturated rings. The fourth-order valence-corrected chi connectivity index (χ4v) is 0.949. The second-order valence-electron chi connectivity index (χ2n) is 2.09. The molecule has 1 rings (SSSR count). The lowest BCUT2D eigenvalue weighted by Gasteiger charge is -1.87. The predicted octanol–water partition coefficient (Wildman–Crippen LogP) is 3.61. The third-order valence-electron chi connectivity index (χ3n) is 1.27. The highest BCUT2D eigenvalue weighted by Crippen LogP contribution is 2.00. The van der Waals surface area contributed by atoms with Crippen LogP contribution in [0.15, 0.2) is 47.5 Å². The Balaban J connectivity index is 2.64. The molecule has 0 aliphatic rings. The molecule has 0 N–H and O–H groups in total. The molecular formula is C10H9Br. The summed E-state index contributed by atoms with van der Waals surface area (Å²) < 4.78 is 0. The van der Waals surface area contributed by atoms with Crippen molar-refractivity contribution in [2.24, 2.45) is 0 Å². The summed E-state index contributed by atoms with van der Waals surface area (Å²) in [5, 5.41) is 0. The monoisotopic (exact) mass is 208 g/mol. The minimum Gasteiger partial charge on any atom is -0.0622 e. The molecule has 11 heavy (non-hydrogen) atoms. The molecule has 0 heterocycles. The maximum Gasteiger partial charge on any atom is -0.0189 e. The van der Waals surface area contributed by atoms with Crippen molar-refractivity contribution < 1.29 is 0 Å². The molecule has 56 valence electrons. The van der Waals surface area contributed by atoms with Crippen molar-refractivity contribution in [3.05, 3.63) is 53.0 Å². The van der Waals surface area contributed by atoms with E-state index in [1.807, 2.05) is 35.3 Å². The molecule has 1 aromatic rings. The first-order valence-corrected chi connectivity index (χ1v) is 4.33. The van der Waals surface area contributed by atoms with E-state index in [0.717, 1.165) is 0 Å². The summed E-state index contributed by atoms with van der Waals surface area (Å²) in [5.41, 5.74) is 1.22. The van der Waals surface area contributed by atoms with Crippen LogP contribution >= 0.6 is 15.9 Å². The van der Waals surface area contributed by atoms with E-state index in [1.165, 1.54) is 5.56 Å². The first kappa shape index (κ1) is 8.28. The first-order chi connectivity index (χ1) is 5.43. The highest BCUT2D eigenvalue weighted by Gasteiger charge is 1.78. The van der Waals surface area contributed by atoms with Crippen LogP contribution in [0.2, 0.25) is 0 Å². The van der Waals surface area contributed by atoms with Gasteiger partial charge in [-0.1, -0.05) is 64.5 Å². The van der Waals surface area contributed by atoms with Crippen LogP contribution in [0.5, 0.6) is 0 Å². The highest BCUT2D eigenvalue weighted by atomic mass is 79.9. The van der Waals surface area contributed by atoms with Crippen molar-refractivity contribution in [1.29, 1.82) is 0 Å². The van der Waals surface area contributed by atoms with Gasteiger partial charge in [-0.3, -0.25) is 0 Å². The van der Waals surface area contributed by atoms with E-state index in [-0.39, 0.29) is 0 Å². The fraction of sp³-hybridized carbons (Fsp3) is 0. The standard InChI is InChI=1S/C10H9Br/c11-9-5-4-8-10-6-2-1-3-7-10/h1-9H/b8-4+,9-5-. The van der Waals surface area contributed by atoms with Crippen molar-refractivity contribution in [1.82, 2.24) is 0 Å². The highest BCUT2D eigenvalue weighted by molar-refractivity contribution is 9.11. The second-order valence-corrected chi connectivity index (χ2v) is 2.62. The van der Waals surface area contributed by atoms with Gasteiger partial charge in [0.2, 0.25) is 0 Å². The zero-order chi connectivity index (χ0) is 7.94.